The van der Waals surface area contributed by atoms with E-state index in [1.54, 1.807) is 24.3 Å². The minimum absolute atomic E-state index is 0.0872. The molecule has 7 nitrogen and oxygen atoms in total. The van der Waals surface area contributed by atoms with Crippen LogP contribution in [0.3, 0.4) is 0 Å². The maximum atomic E-state index is 12.6. The maximum Gasteiger partial charge on any atom is 0.321 e. The van der Waals surface area contributed by atoms with E-state index in [-0.39, 0.29) is 11.9 Å². The number of likely N-dealkylation sites (tertiary alicyclic amines) is 1. The molecule has 2 N–H and O–H groups in total. The van der Waals surface area contributed by atoms with Crippen molar-refractivity contribution in [1.29, 1.82) is 0 Å². The standard InChI is InChI=1S/C24H30N4O3/c29-23(25-12-10-19-4-2-1-3-5-19)20-6-8-21(9-7-20)26-24(30)28-13-11-22(18-28)27-14-16-31-17-15-27/h1-9,22H,10-18H2,(H,25,29)(H,26,30). The number of carbonyl (C=O) groups is 2. The van der Waals surface area contributed by atoms with E-state index in [0.717, 1.165) is 52.2 Å². The zero-order valence-electron chi connectivity index (χ0n) is 17.8. The Hall–Kier alpha value is -2.90. The van der Waals surface area contributed by atoms with Gasteiger partial charge in [0.05, 0.1) is 13.2 Å². The summed E-state index contributed by atoms with van der Waals surface area (Å²) in [6, 6.07) is 17.4. The third kappa shape index (κ3) is 5.83. The number of hydrogen-bond donors (Lipinski definition) is 2. The topological polar surface area (TPSA) is 73.9 Å². The van der Waals surface area contributed by atoms with Crippen molar-refractivity contribution in [1.82, 2.24) is 15.1 Å². The van der Waals surface area contributed by atoms with Crippen LogP contribution in [0, 0.1) is 0 Å². The fourth-order valence-corrected chi connectivity index (χ4v) is 4.14. The summed E-state index contributed by atoms with van der Waals surface area (Å²) in [6.45, 7) is 5.51. The summed E-state index contributed by atoms with van der Waals surface area (Å²) >= 11 is 0. The molecule has 0 bridgehead atoms. The molecular formula is C24H30N4O3. The summed E-state index contributed by atoms with van der Waals surface area (Å²) in [4.78, 5) is 29.3. The van der Waals surface area contributed by atoms with Crippen molar-refractivity contribution in [2.45, 2.75) is 18.9 Å². The molecule has 2 aromatic rings. The van der Waals surface area contributed by atoms with Gasteiger partial charge in [0, 0.05) is 50.0 Å². The van der Waals surface area contributed by atoms with Crippen LogP contribution in [0.15, 0.2) is 54.6 Å². The molecule has 2 aliphatic heterocycles. The first-order valence-electron chi connectivity index (χ1n) is 11.0. The Bertz CT molecular complexity index is 866. The second-order valence-corrected chi connectivity index (χ2v) is 8.04. The molecule has 2 saturated heterocycles. The van der Waals surface area contributed by atoms with Gasteiger partial charge >= 0.3 is 6.03 Å². The number of benzene rings is 2. The molecule has 1 unspecified atom stereocenters. The van der Waals surface area contributed by atoms with Crippen LogP contribution in [0.1, 0.15) is 22.3 Å². The second-order valence-electron chi connectivity index (χ2n) is 8.04. The molecule has 4 rings (SSSR count). The number of morpholine rings is 1. The number of amides is 3. The Morgan fingerprint density at radius 3 is 2.45 bits per heavy atom. The van der Waals surface area contributed by atoms with Gasteiger partial charge in [0.15, 0.2) is 0 Å². The molecule has 0 spiro atoms. The van der Waals surface area contributed by atoms with E-state index in [1.807, 2.05) is 35.2 Å². The van der Waals surface area contributed by atoms with Gasteiger partial charge in [-0.15, -0.1) is 0 Å². The van der Waals surface area contributed by atoms with Crippen molar-refractivity contribution in [3.8, 4) is 0 Å². The first-order chi connectivity index (χ1) is 15.2. The van der Waals surface area contributed by atoms with Crippen molar-refractivity contribution >= 4 is 17.6 Å². The van der Waals surface area contributed by atoms with Crippen molar-refractivity contribution in [2.75, 3.05) is 51.3 Å². The van der Waals surface area contributed by atoms with Crippen LogP contribution < -0.4 is 10.6 Å². The molecule has 2 heterocycles. The Morgan fingerprint density at radius 1 is 0.968 bits per heavy atom. The van der Waals surface area contributed by atoms with Crippen LogP contribution in [0.2, 0.25) is 0 Å². The summed E-state index contributed by atoms with van der Waals surface area (Å²) in [5.74, 6) is -0.110. The minimum Gasteiger partial charge on any atom is -0.379 e. The summed E-state index contributed by atoms with van der Waals surface area (Å²) in [5, 5.41) is 5.89. The quantitative estimate of drug-likeness (QED) is 0.751. The van der Waals surface area contributed by atoms with Crippen molar-refractivity contribution < 1.29 is 14.3 Å². The van der Waals surface area contributed by atoms with Gasteiger partial charge in [0.2, 0.25) is 0 Å². The molecule has 1 atom stereocenters. The maximum absolute atomic E-state index is 12.6. The number of nitrogens with one attached hydrogen (secondary N) is 2. The fourth-order valence-electron chi connectivity index (χ4n) is 4.14. The van der Waals surface area contributed by atoms with Crippen molar-refractivity contribution in [3.63, 3.8) is 0 Å². The van der Waals surface area contributed by atoms with Gasteiger partial charge < -0.3 is 20.3 Å². The zero-order valence-corrected chi connectivity index (χ0v) is 17.8. The number of ether oxygens (including phenoxy) is 1. The van der Waals surface area contributed by atoms with Crippen LogP contribution in [0.5, 0.6) is 0 Å². The van der Waals surface area contributed by atoms with E-state index in [0.29, 0.717) is 23.8 Å². The summed E-state index contributed by atoms with van der Waals surface area (Å²) < 4.78 is 5.42. The molecular weight excluding hydrogens is 392 g/mol. The predicted octanol–water partition coefficient (Wildman–Crippen LogP) is 2.60. The highest BCUT2D eigenvalue weighted by Gasteiger charge is 2.31. The van der Waals surface area contributed by atoms with Crippen molar-refractivity contribution in [2.24, 2.45) is 0 Å². The number of hydrogen-bond acceptors (Lipinski definition) is 4. The van der Waals surface area contributed by atoms with Gasteiger partial charge in [-0.25, -0.2) is 4.79 Å². The molecule has 2 fully saturated rings. The van der Waals surface area contributed by atoms with E-state index >= 15 is 0 Å². The van der Waals surface area contributed by atoms with E-state index in [9.17, 15) is 9.59 Å². The van der Waals surface area contributed by atoms with Crippen molar-refractivity contribution in [3.05, 3.63) is 65.7 Å². The second kappa shape index (κ2) is 10.4. The summed E-state index contributed by atoms with van der Waals surface area (Å²) in [6.07, 6.45) is 1.79. The van der Waals surface area contributed by atoms with E-state index in [2.05, 4.69) is 15.5 Å². The third-order valence-corrected chi connectivity index (χ3v) is 5.95. The van der Waals surface area contributed by atoms with Gasteiger partial charge in [-0.05, 0) is 42.7 Å². The number of anilines is 1. The first kappa shape index (κ1) is 21.3. The van der Waals surface area contributed by atoms with Crippen LogP contribution in [0.4, 0.5) is 10.5 Å². The normalized spacial score (nSPS) is 19.2. The molecule has 31 heavy (non-hydrogen) atoms. The Kier molecular flexibility index (Phi) is 7.17. The van der Waals surface area contributed by atoms with Crippen LogP contribution in [0.25, 0.3) is 0 Å². The number of nitrogens with zero attached hydrogens (tertiary/aromatic N) is 2. The van der Waals surface area contributed by atoms with Gasteiger partial charge in [0.25, 0.3) is 5.91 Å². The molecule has 0 aromatic heterocycles. The summed E-state index contributed by atoms with van der Waals surface area (Å²) in [7, 11) is 0. The van der Waals surface area contributed by atoms with Gasteiger partial charge in [0.1, 0.15) is 0 Å². The van der Waals surface area contributed by atoms with E-state index in [4.69, 9.17) is 4.74 Å². The molecule has 164 valence electrons. The largest absolute Gasteiger partial charge is 0.379 e. The zero-order chi connectivity index (χ0) is 21.5. The van der Waals surface area contributed by atoms with Crippen LogP contribution in [-0.2, 0) is 11.2 Å². The highest BCUT2D eigenvalue weighted by Crippen LogP contribution is 2.18. The fraction of sp³-hybridized carbons (Fsp3) is 0.417. The average Bonchev–Trinajstić information content (AvgIpc) is 3.31. The molecule has 2 aliphatic rings. The number of carbonyl (C=O) groups excluding carboxylic acids is 2. The highest BCUT2D eigenvalue weighted by atomic mass is 16.5. The smallest absolute Gasteiger partial charge is 0.321 e. The minimum atomic E-state index is -0.110. The Balaban J connectivity index is 1.22. The lowest BCUT2D eigenvalue weighted by Crippen LogP contribution is -2.45. The lowest BCUT2D eigenvalue weighted by molar-refractivity contribution is 0.0192. The molecule has 0 saturated carbocycles. The highest BCUT2D eigenvalue weighted by molar-refractivity contribution is 5.95. The predicted molar refractivity (Wildman–Crippen MR) is 120 cm³/mol. The van der Waals surface area contributed by atoms with Crippen LogP contribution >= 0.6 is 0 Å². The average molecular weight is 423 g/mol. The first-order valence-corrected chi connectivity index (χ1v) is 11.0. The van der Waals surface area contributed by atoms with E-state index < -0.39 is 0 Å². The summed E-state index contributed by atoms with van der Waals surface area (Å²) in [5.41, 5.74) is 2.47. The SMILES string of the molecule is O=C(NCCc1ccccc1)c1ccc(NC(=O)N2CCC(N3CCOCC3)C2)cc1. The van der Waals surface area contributed by atoms with Gasteiger partial charge in [-0.1, -0.05) is 30.3 Å². The molecule has 0 radical (unpaired) electrons. The Labute approximate surface area is 183 Å². The molecule has 3 amide bonds. The van der Waals surface area contributed by atoms with Crippen LogP contribution in [-0.4, -0.2) is 73.7 Å². The van der Waals surface area contributed by atoms with Gasteiger partial charge in [-0.2, -0.15) is 0 Å². The third-order valence-electron chi connectivity index (χ3n) is 5.95. The Morgan fingerprint density at radius 2 is 1.71 bits per heavy atom. The molecule has 0 aliphatic carbocycles. The number of urea groups is 1. The lowest BCUT2D eigenvalue weighted by atomic mass is 10.1. The van der Waals surface area contributed by atoms with Gasteiger partial charge in [-0.3, -0.25) is 9.69 Å². The lowest BCUT2D eigenvalue weighted by Gasteiger charge is -2.32. The van der Waals surface area contributed by atoms with E-state index in [1.165, 1.54) is 5.56 Å². The monoisotopic (exact) mass is 422 g/mol. The molecule has 2 aromatic carbocycles. The molecule has 7 heteroatoms. The number of rotatable bonds is 6.